The van der Waals surface area contributed by atoms with Crippen LogP contribution in [0.25, 0.3) is 0 Å². The van der Waals surface area contributed by atoms with E-state index in [0.29, 0.717) is 11.5 Å². The molecule has 3 aromatic carbocycles. The van der Waals surface area contributed by atoms with Gasteiger partial charge in [0.15, 0.2) is 22.2 Å². The van der Waals surface area contributed by atoms with Crippen molar-refractivity contribution in [2.75, 3.05) is 58.6 Å². The van der Waals surface area contributed by atoms with Crippen LogP contribution < -0.4 is 26.5 Å². The molecule has 0 spiro atoms. The van der Waals surface area contributed by atoms with Crippen LogP contribution in [-0.4, -0.2) is 122 Å². The number of aromatic amines is 1. The molecular weight excluding hydrogens is 858 g/mol. The Morgan fingerprint density at radius 1 is 0.887 bits per heavy atom. The molecule has 2 saturated heterocycles. The fourth-order valence-corrected chi connectivity index (χ4v) is 11.0. The number of hydrogen-bond donors (Lipinski definition) is 2. The Balaban J connectivity index is 1.51. The zero-order chi connectivity index (χ0) is 44.6. The van der Waals surface area contributed by atoms with Gasteiger partial charge in [-0.25, -0.2) is 17.9 Å². The van der Waals surface area contributed by atoms with Gasteiger partial charge in [-0.1, -0.05) is 54.6 Å². The number of methoxy groups -OCH3 is 2. The number of ether oxygens (including phenoxy) is 5. The van der Waals surface area contributed by atoms with Gasteiger partial charge in [-0.05, 0) is 80.9 Å². The molecule has 0 aliphatic carbocycles. The maximum Gasteiger partial charge on any atom is 0.330 e. The van der Waals surface area contributed by atoms with Gasteiger partial charge in [0.05, 0.1) is 38.9 Å². The second-order valence-corrected chi connectivity index (χ2v) is 19.4. The molecule has 19 heteroatoms. The predicted octanol–water partition coefficient (Wildman–Crippen LogP) is 4.57. The van der Waals surface area contributed by atoms with E-state index in [-0.39, 0.29) is 61.6 Å². The molecular formula is C43H56N5O11PS2. The zero-order valence-electron chi connectivity index (χ0n) is 35.7. The van der Waals surface area contributed by atoms with Crippen molar-refractivity contribution in [3.05, 3.63) is 129 Å². The summed E-state index contributed by atoms with van der Waals surface area (Å²) in [6, 6.07) is 26.1. The van der Waals surface area contributed by atoms with Crippen molar-refractivity contribution in [3.63, 3.8) is 0 Å². The number of H-pyrrole nitrogens is 1. The van der Waals surface area contributed by atoms with Gasteiger partial charge in [0, 0.05) is 44.0 Å². The summed E-state index contributed by atoms with van der Waals surface area (Å²) in [6.45, 7) is 8.60. The molecule has 0 amide bonds. The predicted molar refractivity (Wildman–Crippen MR) is 240 cm³/mol. The van der Waals surface area contributed by atoms with E-state index in [9.17, 15) is 18.0 Å². The fourth-order valence-electron chi connectivity index (χ4n) is 7.67. The Morgan fingerprint density at radius 3 is 1.97 bits per heavy atom. The Hall–Kier alpha value is -4.23. The average molecular weight is 914 g/mol. The smallest absolute Gasteiger partial charge is 0.330 e. The first-order valence-corrected chi connectivity index (χ1v) is 23.8. The first-order valence-electron chi connectivity index (χ1n) is 20.4. The number of benzene rings is 3. The van der Waals surface area contributed by atoms with Crippen LogP contribution in [0.4, 0.5) is 0 Å². The summed E-state index contributed by atoms with van der Waals surface area (Å²) in [5, 5.41) is -0.00183. The normalized spacial score (nSPS) is 20.7. The van der Waals surface area contributed by atoms with Gasteiger partial charge >= 0.3 is 5.69 Å². The van der Waals surface area contributed by atoms with Gasteiger partial charge in [-0.3, -0.25) is 14.3 Å². The molecule has 0 bridgehead atoms. The van der Waals surface area contributed by atoms with E-state index >= 15 is 0 Å². The van der Waals surface area contributed by atoms with E-state index in [1.807, 2.05) is 107 Å². The molecule has 2 aliphatic heterocycles. The van der Waals surface area contributed by atoms with Crippen molar-refractivity contribution in [1.82, 2.24) is 19.1 Å². The molecule has 3 heterocycles. The summed E-state index contributed by atoms with van der Waals surface area (Å²) in [6.07, 6.45) is -3.09. The molecule has 5 unspecified atom stereocenters. The SMILES string of the molecule is COc1ccc(C(OCC2OC(n3ccc(=O)[nH]c3=O)C(OC(=S)N3CCS(=O)(=O)CC3)C2OP(OCCN)N(C(C)C)C(C)C)(c2ccccc2)c2ccc(OC)cc2)cc1. The number of hydrogen-bond acceptors (Lipinski definition) is 14. The maximum absolute atomic E-state index is 13.6. The Morgan fingerprint density at radius 2 is 1.45 bits per heavy atom. The molecule has 5 atom stereocenters. The van der Waals surface area contributed by atoms with E-state index in [1.54, 1.807) is 19.1 Å². The van der Waals surface area contributed by atoms with E-state index < -0.39 is 59.8 Å². The van der Waals surface area contributed by atoms with Gasteiger partial charge in [0.2, 0.25) is 0 Å². The first-order chi connectivity index (χ1) is 29.7. The average Bonchev–Trinajstić information content (AvgIpc) is 3.58. The lowest BCUT2D eigenvalue weighted by atomic mass is 9.80. The van der Waals surface area contributed by atoms with Gasteiger partial charge in [0.25, 0.3) is 19.3 Å². The third-order valence-electron chi connectivity index (χ3n) is 10.7. The largest absolute Gasteiger partial charge is 0.497 e. The third kappa shape index (κ3) is 10.7. The monoisotopic (exact) mass is 913 g/mol. The van der Waals surface area contributed by atoms with Crippen LogP contribution in [0, 0.1) is 0 Å². The topological polar surface area (TPSA) is 186 Å². The molecule has 3 N–H and O–H groups in total. The number of sulfone groups is 1. The number of rotatable bonds is 18. The lowest BCUT2D eigenvalue weighted by Crippen LogP contribution is -2.48. The number of nitrogens with two attached hydrogens (primary N) is 1. The Labute approximate surface area is 369 Å². The molecule has 6 rings (SSSR count). The summed E-state index contributed by atoms with van der Waals surface area (Å²) in [5.41, 5.74) is 5.69. The first kappa shape index (κ1) is 47.3. The molecule has 2 aliphatic rings. The molecule has 1 aromatic heterocycles. The van der Waals surface area contributed by atoms with E-state index in [1.165, 1.54) is 16.8 Å². The van der Waals surface area contributed by atoms with Crippen molar-refractivity contribution in [2.24, 2.45) is 5.73 Å². The van der Waals surface area contributed by atoms with Crippen molar-refractivity contribution >= 4 is 35.8 Å². The van der Waals surface area contributed by atoms with Gasteiger partial charge < -0.3 is 43.4 Å². The number of thiocarbonyl (C=S) groups is 1. The minimum atomic E-state index is -3.25. The van der Waals surface area contributed by atoms with Crippen LogP contribution in [0.1, 0.15) is 50.6 Å². The highest BCUT2D eigenvalue weighted by molar-refractivity contribution is 7.91. The van der Waals surface area contributed by atoms with E-state index in [4.69, 9.17) is 50.7 Å². The molecule has 0 radical (unpaired) electrons. The van der Waals surface area contributed by atoms with Gasteiger partial charge in [0.1, 0.15) is 29.3 Å². The molecule has 62 heavy (non-hydrogen) atoms. The Bertz CT molecular complexity index is 2250. The fraction of sp³-hybridized carbons (Fsp3) is 0.465. The minimum Gasteiger partial charge on any atom is -0.497 e. The van der Waals surface area contributed by atoms with Crippen molar-refractivity contribution in [2.45, 2.75) is 69.9 Å². The highest BCUT2D eigenvalue weighted by Gasteiger charge is 2.53. The maximum atomic E-state index is 13.6. The van der Waals surface area contributed by atoms with Gasteiger partial charge in [-0.2, -0.15) is 0 Å². The van der Waals surface area contributed by atoms with Crippen LogP contribution in [-0.2, 0) is 38.7 Å². The van der Waals surface area contributed by atoms with Gasteiger partial charge in [-0.15, -0.1) is 0 Å². The molecule has 336 valence electrons. The van der Waals surface area contributed by atoms with Crippen LogP contribution in [0.2, 0.25) is 0 Å². The summed E-state index contributed by atoms with van der Waals surface area (Å²) in [7, 11) is -1.93. The second-order valence-electron chi connectivity index (χ2n) is 15.4. The molecule has 4 aromatic rings. The standard InChI is InChI=1S/C43H56N5O11PS2/c1-29(2)48(30(3)4)60(56-25-21-44)59-38-36(57-40(47-22-20-37(49)45-41(47)50)39(38)58-42(61)46-23-26-62(51,52)27-24-46)28-55-43(31-10-8-7-9-11-31,32-12-16-34(53-5)17-13-32)33-14-18-35(54-6)19-15-33/h7-20,22,29-30,36,38-40H,21,23-28,44H2,1-6H3,(H,45,49,50). The highest BCUT2D eigenvalue weighted by atomic mass is 32.2. The molecule has 16 nitrogen and oxygen atoms in total. The highest BCUT2D eigenvalue weighted by Crippen LogP contribution is 2.51. The third-order valence-corrected chi connectivity index (χ3v) is 14.8. The molecule has 0 saturated carbocycles. The molecule has 2 fully saturated rings. The van der Waals surface area contributed by atoms with E-state index in [0.717, 1.165) is 16.7 Å². The number of nitrogens with zero attached hydrogens (tertiary/aromatic N) is 3. The van der Waals surface area contributed by atoms with Crippen molar-refractivity contribution in [3.8, 4) is 11.5 Å². The number of nitrogens with one attached hydrogen (secondary N) is 1. The van der Waals surface area contributed by atoms with E-state index in [2.05, 4.69) is 9.65 Å². The lowest BCUT2D eigenvalue weighted by molar-refractivity contribution is -0.0944. The second kappa shape index (κ2) is 21.0. The van der Waals surface area contributed by atoms with Crippen molar-refractivity contribution in [1.29, 1.82) is 0 Å². The quantitative estimate of drug-likeness (QED) is 0.0803. The number of aromatic nitrogens is 2. The van der Waals surface area contributed by atoms with Crippen LogP contribution in [0.3, 0.4) is 0 Å². The van der Waals surface area contributed by atoms with Crippen LogP contribution in [0.5, 0.6) is 11.5 Å². The summed E-state index contributed by atoms with van der Waals surface area (Å²) < 4.78 is 73.5. The summed E-state index contributed by atoms with van der Waals surface area (Å²) >= 11 is 5.86. The minimum absolute atomic E-state index is 0.00183. The summed E-state index contributed by atoms with van der Waals surface area (Å²) in [4.78, 5) is 29.9. The van der Waals surface area contributed by atoms with Crippen LogP contribution in [0.15, 0.2) is 101 Å². The Kier molecular flexibility index (Phi) is 16.0. The van der Waals surface area contributed by atoms with Crippen LogP contribution >= 0.6 is 20.7 Å². The van der Waals surface area contributed by atoms with Crippen molar-refractivity contribution < 1.29 is 41.1 Å². The zero-order valence-corrected chi connectivity index (χ0v) is 38.3. The summed E-state index contributed by atoms with van der Waals surface area (Å²) in [5.74, 6) is 1.09. The lowest BCUT2D eigenvalue weighted by Gasteiger charge is -2.39.